The van der Waals surface area contributed by atoms with E-state index in [4.69, 9.17) is 4.74 Å². The average Bonchev–Trinajstić information content (AvgIpc) is 3.03. The monoisotopic (exact) mass is 375 g/mol. The fourth-order valence-electron chi connectivity index (χ4n) is 2.63. The van der Waals surface area contributed by atoms with E-state index in [1.165, 1.54) is 5.56 Å². The van der Waals surface area contributed by atoms with Gasteiger partial charge in [0.05, 0.1) is 12.2 Å². The highest BCUT2D eigenvalue weighted by atomic mass is 32.1. The van der Waals surface area contributed by atoms with Gasteiger partial charge in [0.2, 0.25) is 0 Å². The first kappa shape index (κ1) is 20.2. The van der Waals surface area contributed by atoms with Gasteiger partial charge in [-0.1, -0.05) is 26.0 Å². The van der Waals surface area contributed by atoms with E-state index in [0.29, 0.717) is 32.2 Å². The molecule has 2 aromatic rings. The van der Waals surface area contributed by atoms with Crippen LogP contribution in [0.2, 0.25) is 0 Å². The van der Waals surface area contributed by atoms with E-state index in [0.717, 1.165) is 22.0 Å². The van der Waals surface area contributed by atoms with Crippen LogP contribution >= 0.6 is 11.3 Å². The number of urea groups is 1. The van der Waals surface area contributed by atoms with Crippen LogP contribution in [0.1, 0.15) is 42.6 Å². The molecular weight excluding hydrogens is 346 g/mol. The molecule has 0 saturated heterocycles. The average molecular weight is 376 g/mol. The maximum atomic E-state index is 12.2. The Kier molecular flexibility index (Phi) is 7.45. The summed E-state index contributed by atoms with van der Waals surface area (Å²) in [7, 11) is 0. The molecule has 1 heterocycles. The van der Waals surface area contributed by atoms with Gasteiger partial charge in [-0.05, 0) is 43.9 Å². The van der Waals surface area contributed by atoms with Crippen molar-refractivity contribution in [3.8, 4) is 5.75 Å². The second kappa shape index (κ2) is 9.57. The van der Waals surface area contributed by atoms with Gasteiger partial charge in [0.1, 0.15) is 17.4 Å². The quantitative estimate of drug-likeness (QED) is 0.738. The molecule has 2 rings (SSSR count). The Morgan fingerprint density at radius 1 is 1.35 bits per heavy atom. The number of ether oxygens (including phenoxy) is 1. The molecule has 1 aromatic carbocycles. The van der Waals surface area contributed by atoms with Gasteiger partial charge in [-0.2, -0.15) is 0 Å². The van der Waals surface area contributed by atoms with Gasteiger partial charge in [0.15, 0.2) is 0 Å². The van der Waals surface area contributed by atoms with Crippen LogP contribution in [0.4, 0.5) is 4.79 Å². The van der Waals surface area contributed by atoms with Gasteiger partial charge in [-0.25, -0.2) is 9.78 Å². The largest absolute Gasteiger partial charge is 0.486 e. The molecule has 5 nitrogen and oxygen atoms in total. The van der Waals surface area contributed by atoms with Crippen LogP contribution in [-0.4, -0.2) is 29.0 Å². The second-order valence-electron chi connectivity index (χ2n) is 6.83. The molecule has 1 N–H and O–H groups in total. The lowest BCUT2D eigenvalue weighted by Gasteiger charge is -2.23. The standard InChI is InChI=1S/C20H29N3O2S/c1-6-21-20(24)23(10-14(2)3)11-17-13-26-19(22-17)12-25-18-9-7-8-15(4)16(18)5/h7-9,13-14H,6,10-12H2,1-5H3,(H,21,24). The van der Waals surface area contributed by atoms with Crippen molar-refractivity contribution >= 4 is 17.4 Å². The molecule has 0 aliphatic carbocycles. The van der Waals surface area contributed by atoms with E-state index >= 15 is 0 Å². The fourth-order valence-corrected chi connectivity index (χ4v) is 3.32. The molecule has 0 unspecified atom stereocenters. The Morgan fingerprint density at radius 2 is 2.12 bits per heavy atom. The van der Waals surface area contributed by atoms with Crippen molar-refractivity contribution in [2.45, 2.75) is 47.8 Å². The van der Waals surface area contributed by atoms with Crippen LogP contribution in [0.25, 0.3) is 0 Å². The summed E-state index contributed by atoms with van der Waals surface area (Å²) in [5.74, 6) is 1.30. The van der Waals surface area contributed by atoms with Crippen molar-refractivity contribution in [1.29, 1.82) is 0 Å². The van der Waals surface area contributed by atoms with Gasteiger partial charge < -0.3 is 15.0 Å². The van der Waals surface area contributed by atoms with Crippen molar-refractivity contribution in [1.82, 2.24) is 15.2 Å². The minimum absolute atomic E-state index is 0.0395. The summed E-state index contributed by atoms with van der Waals surface area (Å²) < 4.78 is 5.93. The third-order valence-electron chi connectivity index (χ3n) is 4.06. The van der Waals surface area contributed by atoms with E-state index in [1.54, 1.807) is 11.3 Å². The first-order valence-corrected chi connectivity index (χ1v) is 9.93. The number of amides is 2. The lowest BCUT2D eigenvalue weighted by molar-refractivity contribution is 0.187. The summed E-state index contributed by atoms with van der Waals surface area (Å²) in [6.07, 6.45) is 0. The Labute approximate surface area is 160 Å². The van der Waals surface area contributed by atoms with Gasteiger partial charge in [0, 0.05) is 18.5 Å². The van der Waals surface area contributed by atoms with E-state index < -0.39 is 0 Å². The third kappa shape index (κ3) is 5.73. The highest BCUT2D eigenvalue weighted by Crippen LogP contribution is 2.22. The van der Waals surface area contributed by atoms with Crippen LogP contribution in [0, 0.1) is 19.8 Å². The summed E-state index contributed by atoms with van der Waals surface area (Å²) in [6, 6.07) is 6.02. The maximum Gasteiger partial charge on any atom is 0.317 e. The molecule has 0 radical (unpaired) electrons. The Hall–Kier alpha value is -2.08. The van der Waals surface area contributed by atoms with Crippen molar-refractivity contribution in [3.05, 3.63) is 45.4 Å². The van der Waals surface area contributed by atoms with E-state index in [1.807, 2.05) is 29.3 Å². The fraction of sp³-hybridized carbons (Fsp3) is 0.500. The molecule has 26 heavy (non-hydrogen) atoms. The molecule has 1 aromatic heterocycles. The summed E-state index contributed by atoms with van der Waals surface area (Å²) in [5, 5.41) is 5.80. The van der Waals surface area contributed by atoms with Crippen molar-refractivity contribution in [2.75, 3.05) is 13.1 Å². The number of nitrogens with zero attached hydrogens (tertiary/aromatic N) is 2. The van der Waals surface area contributed by atoms with Gasteiger partial charge >= 0.3 is 6.03 Å². The van der Waals surface area contributed by atoms with Crippen molar-refractivity contribution < 1.29 is 9.53 Å². The number of aryl methyl sites for hydroxylation is 1. The lowest BCUT2D eigenvalue weighted by Crippen LogP contribution is -2.41. The maximum absolute atomic E-state index is 12.2. The zero-order valence-corrected chi connectivity index (χ0v) is 17.2. The summed E-state index contributed by atoms with van der Waals surface area (Å²) in [6.45, 7) is 12.6. The van der Waals surface area contributed by atoms with Crippen LogP contribution in [0.5, 0.6) is 5.75 Å². The number of carbonyl (C=O) groups excluding carboxylic acids is 1. The van der Waals surface area contributed by atoms with E-state index in [9.17, 15) is 4.79 Å². The topological polar surface area (TPSA) is 54.5 Å². The van der Waals surface area contributed by atoms with Gasteiger partial charge in [-0.3, -0.25) is 0 Å². The summed E-state index contributed by atoms with van der Waals surface area (Å²) >= 11 is 1.57. The zero-order valence-electron chi connectivity index (χ0n) is 16.3. The normalized spacial score (nSPS) is 10.8. The number of thiazole rings is 1. The molecule has 6 heteroatoms. The molecule has 0 fully saturated rings. The predicted octanol–water partition coefficient (Wildman–Crippen LogP) is 4.53. The second-order valence-corrected chi connectivity index (χ2v) is 7.77. The number of rotatable bonds is 8. The minimum atomic E-state index is -0.0395. The minimum Gasteiger partial charge on any atom is -0.486 e. The van der Waals surface area contributed by atoms with Crippen LogP contribution in [0.15, 0.2) is 23.6 Å². The molecule has 0 bridgehead atoms. The summed E-state index contributed by atoms with van der Waals surface area (Å²) in [5.41, 5.74) is 3.28. The highest BCUT2D eigenvalue weighted by molar-refractivity contribution is 7.09. The first-order valence-electron chi connectivity index (χ1n) is 9.05. The molecule has 0 spiro atoms. The van der Waals surface area contributed by atoms with E-state index in [2.05, 4.69) is 44.1 Å². The van der Waals surface area contributed by atoms with Crippen molar-refractivity contribution in [2.24, 2.45) is 5.92 Å². The predicted molar refractivity (Wildman–Crippen MR) is 107 cm³/mol. The molecular formula is C20H29N3O2S. The number of aromatic nitrogens is 1. The third-order valence-corrected chi connectivity index (χ3v) is 4.93. The number of benzene rings is 1. The smallest absolute Gasteiger partial charge is 0.317 e. The summed E-state index contributed by atoms with van der Waals surface area (Å²) in [4.78, 5) is 18.7. The SMILES string of the molecule is CCNC(=O)N(Cc1csc(COc2cccc(C)c2C)n1)CC(C)C. The molecule has 0 saturated carbocycles. The number of carbonyl (C=O) groups is 1. The molecule has 0 aliphatic heterocycles. The number of hydrogen-bond donors (Lipinski definition) is 1. The number of hydrogen-bond acceptors (Lipinski definition) is 4. The van der Waals surface area contributed by atoms with Crippen LogP contribution < -0.4 is 10.1 Å². The van der Waals surface area contributed by atoms with Crippen LogP contribution in [-0.2, 0) is 13.2 Å². The highest BCUT2D eigenvalue weighted by Gasteiger charge is 2.16. The Balaban J connectivity index is 1.99. The number of nitrogens with one attached hydrogen (secondary N) is 1. The lowest BCUT2D eigenvalue weighted by atomic mass is 10.1. The molecule has 0 atom stereocenters. The zero-order chi connectivity index (χ0) is 19.1. The Bertz CT molecular complexity index is 728. The molecule has 142 valence electrons. The first-order chi connectivity index (χ1) is 12.4. The Morgan fingerprint density at radius 3 is 2.81 bits per heavy atom. The van der Waals surface area contributed by atoms with Gasteiger partial charge in [0.25, 0.3) is 0 Å². The van der Waals surface area contributed by atoms with Gasteiger partial charge in [-0.15, -0.1) is 11.3 Å². The molecule has 0 aliphatic rings. The van der Waals surface area contributed by atoms with Crippen LogP contribution in [0.3, 0.4) is 0 Å². The van der Waals surface area contributed by atoms with Crippen molar-refractivity contribution in [3.63, 3.8) is 0 Å². The molecule has 2 amide bonds. The van der Waals surface area contributed by atoms with E-state index in [-0.39, 0.29) is 6.03 Å².